The number of unbranched alkanes of at least 4 members (excludes halogenated alkanes) is 2. The molecule has 108 valence electrons. The molecule has 0 radical (unpaired) electrons. The molecule has 0 spiro atoms. The summed E-state index contributed by atoms with van der Waals surface area (Å²) < 4.78 is 0. The minimum Gasteiger partial charge on any atom is -0.508 e. The molecule has 0 atom stereocenters. The van der Waals surface area contributed by atoms with Crippen LogP contribution in [0.3, 0.4) is 0 Å². The Balaban J connectivity index is 2.41. The maximum absolute atomic E-state index is 9.77. The molecule has 0 heterocycles. The summed E-state index contributed by atoms with van der Waals surface area (Å²) in [6, 6.07) is 5.25. The average Bonchev–Trinajstić information content (AvgIpc) is 2.33. The van der Waals surface area contributed by atoms with Crippen molar-refractivity contribution < 1.29 is 5.11 Å². The molecule has 19 heavy (non-hydrogen) atoms. The topological polar surface area (TPSA) is 32.3 Å². The molecule has 0 aliphatic rings. The minimum absolute atomic E-state index is 0.267. The first-order valence-corrected chi connectivity index (χ1v) is 7.51. The maximum atomic E-state index is 9.77. The maximum Gasteiger partial charge on any atom is 0.121 e. The van der Waals surface area contributed by atoms with Crippen molar-refractivity contribution in [3.8, 4) is 5.75 Å². The van der Waals surface area contributed by atoms with E-state index in [1.165, 1.54) is 25.7 Å². The highest BCUT2D eigenvalue weighted by Gasteiger charge is 2.17. The van der Waals surface area contributed by atoms with E-state index in [0.717, 1.165) is 12.1 Å². The zero-order valence-corrected chi connectivity index (χ0v) is 13.1. The molecule has 0 saturated carbocycles. The number of hydrogen-bond donors (Lipinski definition) is 2. The normalized spacial score (nSPS) is 11.8. The lowest BCUT2D eigenvalue weighted by molar-refractivity contribution is 0.301. The summed E-state index contributed by atoms with van der Waals surface area (Å²) in [4.78, 5) is 0. The molecule has 0 unspecified atom stereocenters. The summed E-state index contributed by atoms with van der Waals surface area (Å²) in [6.45, 7) is 8.33. The third kappa shape index (κ3) is 5.84. The zero-order chi connectivity index (χ0) is 14.3. The summed E-state index contributed by atoms with van der Waals surface area (Å²) in [5.74, 6) is 0.267. The van der Waals surface area contributed by atoms with Gasteiger partial charge in [0.15, 0.2) is 0 Å². The molecule has 1 rings (SSSR count). The highest BCUT2D eigenvalue weighted by Crippen LogP contribution is 2.26. The van der Waals surface area contributed by atoms with Crippen LogP contribution in [0.4, 0.5) is 0 Å². The molecule has 3 heteroatoms. The van der Waals surface area contributed by atoms with Gasteiger partial charge in [-0.3, -0.25) is 0 Å². The van der Waals surface area contributed by atoms with Crippen LogP contribution in [0.25, 0.3) is 0 Å². The van der Waals surface area contributed by atoms with Crippen molar-refractivity contribution in [2.75, 3.05) is 6.54 Å². The van der Waals surface area contributed by atoms with E-state index in [9.17, 15) is 5.11 Å². The first kappa shape index (κ1) is 16.3. The van der Waals surface area contributed by atoms with E-state index in [2.05, 4.69) is 26.1 Å². The number of phenols is 1. The third-order valence-electron chi connectivity index (χ3n) is 3.46. The van der Waals surface area contributed by atoms with Crippen LogP contribution in [-0.2, 0) is 6.54 Å². The molecular formula is C16H26ClNO. The molecule has 2 nitrogen and oxygen atoms in total. The van der Waals surface area contributed by atoms with Crippen LogP contribution in [0.2, 0.25) is 5.02 Å². The van der Waals surface area contributed by atoms with Gasteiger partial charge in [-0.2, -0.15) is 0 Å². The standard InChI is InChI=1S/C16H26ClNO/c1-4-5-6-10-16(2,3)12-18-11-13-14(17)8-7-9-15(13)19/h7-9,18-19H,4-6,10-12H2,1-3H3. The van der Waals surface area contributed by atoms with Crippen LogP contribution in [0.1, 0.15) is 52.0 Å². The van der Waals surface area contributed by atoms with Gasteiger partial charge in [0.25, 0.3) is 0 Å². The molecule has 1 aromatic rings. The SMILES string of the molecule is CCCCCC(C)(C)CNCc1c(O)cccc1Cl. The quantitative estimate of drug-likeness (QED) is 0.675. The Morgan fingerprint density at radius 1 is 1.26 bits per heavy atom. The van der Waals surface area contributed by atoms with Crippen molar-refractivity contribution in [2.24, 2.45) is 5.41 Å². The first-order valence-electron chi connectivity index (χ1n) is 7.13. The predicted molar refractivity (Wildman–Crippen MR) is 82.7 cm³/mol. The predicted octanol–water partition coefficient (Wildman–Crippen LogP) is 4.74. The lowest BCUT2D eigenvalue weighted by Gasteiger charge is -2.25. The Hall–Kier alpha value is -0.730. The van der Waals surface area contributed by atoms with E-state index in [-0.39, 0.29) is 11.2 Å². The largest absolute Gasteiger partial charge is 0.508 e. The molecule has 0 aromatic heterocycles. The Bertz CT molecular complexity index is 370. The Morgan fingerprint density at radius 2 is 2.00 bits per heavy atom. The van der Waals surface area contributed by atoms with E-state index in [0.29, 0.717) is 11.6 Å². The number of benzene rings is 1. The van der Waals surface area contributed by atoms with E-state index < -0.39 is 0 Å². The second kappa shape index (κ2) is 7.76. The van der Waals surface area contributed by atoms with E-state index in [4.69, 9.17) is 11.6 Å². The van der Waals surface area contributed by atoms with Crippen molar-refractivity contribution in [3.63, 3.8) is 0 Å². The van der Waals surface area contributed by atoms with E-state index in [1.807, 2.05) is 6.07 Å². The van der Waals surface area contributed by atoms with Gasteiger partial charge in [-0.1, -0.05) is 57.7 Å². The fraction of sp³-hybridized carbons (Fsp3) is 0.625. The summed E-state index contributed by atoms with van der Waals surface area (Å²) >= 11 is 6.08. The molecule has 0 aliphatic heterocycles. The Morgan fingerprint density at radius 3 is 2.63 bits per heavy atom. The number of rotatable bonds is 8. The smallest absolute Gasteiger partial charge is 0.121 e. The van der Waals surface area contributed by atoms with Crippen molar-refractivity contribution >= 4 is 11.6 Å². The second-order valence-corrected chi connectivity index (χ2v) is 6.37. The van der Waals surface area contributed by atoms with Gasteiger partial charge in [0.1, 0.15) is 5.75 Å². The monoisotopic (exact) mass is 283 g/mol. The van der Waals surface area contributed by atoms with Crippen molar-refractivity contribution in [1.82, 2.24) is 5.32 Å². The van der Waals surface area contributed by atoms with Gasteiger partial charge in [0.05, 0.1) is 0 Å². The minimum atomic E-state index is 0.267. The summed E-state index contributed by atoms with van der Waals surface area (Å²) in [5, 5.41) is 13.8. The van der Waals surface area contributed by atoms with Gasteiger partial charge in [-0.15, -0.1) is 0 Å². The van der Waals surface area contributed by atoms with Crippen LogP contribution in [0.15, 0.2) is 18.2 Å². The molecule has 0 bridgehead atoms. The van der Waals surface area contributed by atoms with Gasteiger partial charge in [-0.05, 0) is 24.0 Å². The molecular weight excluding hydrogens is 258 g/mol. The number of nitrogens with one attached hydrogen (secondary N) is 1. The highest BCUT2D eigenvalue weighted by molar-refractivity contribution is 6.31. The molecule has 0 fully saturated rings. The first-order chi connectivity index (χ1) is 8.96. The summed E-state index contributed by atoms with van der Waals surface area (Å²) in [5.41, 5.74) is 1.07. The molecule has 1 aromatic carbocycles. The number of phenolic OH excluding ortho intramolecular Hbond substituents is 1. The Labute approximate surface area is 122 Å². The molecule has 2 N–H and O–H groups in total. The van der Waals surface area contributed by atoms with Gasteiger partial charge >= 0.3 is 0 Å². The number of halogens is 1. The fourth-order valence-electron chi connectivity index (χ4n) is 2.19. The van der Waals surface area contributed by atoms with Crippen LogP contribution in [-0.4, -0.2) is 11.7 Å². The van der Waals surface area contributed by atoms with Gasteiger partial charge in [0.2, 0.25) is 0 Å². The van der Waals surface area contributed by atoms with Gasteiger partial charge < -0.3 is 10.4 Å². The molecule has 0 aliphatic carbocycles. The van der Waals surface area contributed by atoms with Crippen LogP contribution in [0.5, 0.6) is 5.75 Å². The molecule has 0 amide bonds. The van der Waals surface area contributed by atoms with E-state index in [1.54, 1.807) is 12.1 Å². The average molecular weight is 284 g/mol. The van der Waals surface area contributed by atoms with Gasteiger partial charge in [-0.25, -0.2) is 0 Å². The zero-order valence-electron chi connectivity index (χ0n) is 12.3. The summed E-state index contributed by atoms with van der Waals surface area (Å²) in [6.07, 6.45) is 5.07. The van der Waals surface area contributed by atoms with Crippen molar-refractivity contribution in [2.45, 2.75) is 53.0 Å². The molecule has 0 saturated heterocycles. The lowest BCUT2D eigenvalue weighted by atomic mass is 9.87. The van der Waals surface area contributed by atoms with Crippen molar-refractivity contribution in [1.29, 1.82) is 0 Å². The fourth-order valence-corrected chi connectivity index (χ4v) is 2.43. The lowest BCUT2D eigenvalue weighted by Crippen LogP contribution is -2.29. The van der Waals surface area contributed by atoms with E-state index >= 15 is 0 Å². The second-order valence-electron chi connectivity index (χ2n) is 5.96. The third-order valence-corrected chi connectivity index (χ3v) is 3.81. The van der Waals surface area contributed by atoms with Crippen LogP contribution in [0, 0.1) is 5.41 Å². The van der Waals surface area contributed by atoms with Gasteiger partial charge in [0, 0.05) is 23.7 Å². The van der Waals surface area contributed by atoms with Crippen LogP contribution >= 0.6 is 11.6 Å². The summed E-state index contributed by atoms with van der Waals surface area (Å²) in [7, 11) is 0. The highest BCUT2D eigenvalue weighted by atomic mass is 35.5. The number of hydrogen-bond acceptors (Lipinski definition) is 2. The van der Waals surface area contributed by atoms with Crippen LogP contribution < -0.4 is 5.32 Å². The number of aromatic hydroxyl groups is 1. The van der Waals surface area contributed by atoms with Crippen molar-refractivity contribution in [3.05, 3.63) is 28.8 Å². The Kier molecular flexibility index (Phi) is 6.67.